The number of anilines is 1. The van der Waals surface area contributed by atoms with Crippen molar-refractivity contribution in [1.82, 2.24) is 19.5 Å². The number of nitrogens with two attached hydrogens (primary N) is 1. The highest BCUT2D eigenvalue weighted by molar-refractivity contribution is 5.70. The van der Waals surface area contributed by atoms with E-state index in [1.165, 1.54) is 6.33 Å². The van der Waals surface area contributed by atoms with Gasteiger partial charge >= 0.3 is 0 Å². The highest BCUT2D eigenvalue weighted by atomic mass is 16.6. The highest BCUT2D eigenvalue weighted by Gasteiger charge is 2.72. The fourth-order valence-corrected chi connectivity index (χ4v) is 2.92. The fourth-order valence-electron chi connectivity index (χ4n) is 2.92. The van der Waals surface area contributed by atoms with Crippen molar-refractivity contribution in [3.63, 3.8) is 0 Å². The molecule has 0 aromatic carbocycles. The number of methoxy groups -OCH3 is 1. The van der Waals surface area contributed by atoms with E-state index in [2.05, 4.69) is 15.0 Å². The minimum Gasteiger partial charge on any atom is -0.387 e. The molecule has 106 valence electrons. The lowest BCUT2D eigenvalue weighted by atomic mass is 10.2. The number of H-pyrrole nitrogens is 1. The third-order valence-electron chi connectivity index (χ3n) is 4.10. The maximum atomic E-state index is 11.7. The number of aliphatic hydroxyl groups excluding tert-OH is 1. The Bertz CT molecular complexity index is 755. The third-order valence-corrected chi connectivity index (χ3v) is 4.10. The summed E-state index contributed by atoms with van der Waals surface area (Å²) in [6.45, 7) is 0. The van der Waals surface area contributed by atoms with E-state index >= 15 is 0 Å². The average molecular weight is 279 g/mol. The molecule has 2 aliphatic rings. The van der Waals surface area contributed by atoms with E-state index in [0.29, 0.717) is 12.1 Å². The first-order chi connectivity index (χ1) is 9.56. The van der Waals surface area contributed by atoms with Gasteiger partial charge in [-0.3, -0.25) is 14.3 Å². The topological polar surface area (TPSA) is 128 Å². The molecule has 4 atom stereocenters. The second-order valence-corrected chi connectivity index (χ2v) is 5.09. The zero-order valence-electron chi connectivity index (χ0n) is 10.6. The van der Waals surface area contributed by atoms with Crippen LogP contribution in [0.1, 0.15) is 12.6 Å². The second-order valence-electron chi connectivity index (χ2n) is 5.09. The summed E-state index contributed by atoms with van der Waals surface area (Å²) in [4.78, 5) is 22.2. The summed E-state index contributed by atoms with van der Waals surface area (Å²) < 4.78 is 12.7. The molecule has 3 heterocycles. The lowest BCUT2D eigenvalue weighted by molar-refractivity contribution is -0.0161. The van der Waals surface area contributed by atoms with Gasteiger partial charge in [-0.05, 0) is 0 Å². The van der Waals surface area contributed by atoms with Gasteiger partial charge in [-0.25, -0.2) is 4.98 Å². The number of nitrogens with zero attached hydrogens (tertiary/aromatic N) is 3. The van der Waals surface area contributed by atoms with Crippen LogP contribution in [-0.2, 0) is 9.47 Å². The molecule has 9 heteroatoms. The van der Waals surface area contributed by atoms with E-state index in [1.54, 1.807) is 11.7 Å². The molecule has 0 bridgehead atoms. The number of imidazole rings is 1. The first kappa shape index (κ1) is 11.8. The number of nitrogens with one attached hydrogen (secondary N) is 1. The summed E-state index contributed by atoms with van der Waals surface area (Å²) in [5.41, 5.74) is 5.06. The summed E-state index contributed by atoms with van der Waals surface area (Å²) in [6.07, 6.45) is 0.600. The molecule has 2 aromatic heterocycles. The van der Waals surface area contributed by atoms with Gasteiger partial charge in [0.15, 0.2) is 11.2 Å². The quantitative estimate of drug-likeness (QED) is 0.626. The smallest absolute Gasteiger partial charge is 0.280 e. The molecule has 1 aliphatic carbocycles. The molecule has 0 spiro atoms. The molecule has 4 N–H and O–H groups in total. The molecule has 20 heavy (non-hydrogen) atoms. The van der Waals surface area contributed by atoms with Crippen LogP contribution in [0.25, 0.3) is 11.2 Å². The summed E-state index contributed by atoms with van der Waals surface area (Å²) in [5.74, 6) is 0.0221. The number of aromatic amines is 1. The summed E-state index contributed by atoms with van der Waals surface area (Å²) in [6, 6.07) is 0. The lowest BCUT2D eigenvalue weighted by Gasteiger charge is -2.17. The van der Waals surface area contributed by atoms with Crippen LogP contribution >= 0.6 is 0 Å². The second kappa shape index (κ2) is 3.57. The van der Waals surface area contributed by atoms with Crippen molar-refractivity contribution in [2.45, 2.75) is 30.5 Å². The number of nitrogen functional groups attached to an aromatic ring is 1. The summed E-state index contributed by atoms with van der Waals surface area (Å²) in [5, 5.41) is 9.75. The predicted molar refractivity (Wildman–Crippen MR) is 66.8 cm³/mol. The van der Waals surface area contributed by atoms with Gasteiger partial charge in [0.2, 0.25) is 5.95 Å². The molecule has 2 aromatic rings. The van der Waals surface area contributed by atoms with Crippen molar-refractivity contribution in [3.05, 3.63) is 16.7 Å². The van der Waals surface area contributed by atoms with Crippen molar-refractivity contribution in [1.29, 1.82) is 0 Å². The number of ether oxygens (including phenoxy) is 2. The van der Waals surface area contributed by atoms with Gasteiger partial charge in [-0.1, -0.05) is 0 Å². The van der Waals surface area contributed by atoms with E-state index in [4.69, 9.17) is 15.2 Å². The first-order valence-electron chi connectivity index (χ1n) is 6.18. The molecule has 1 unspecified atom stereocenters. The van der Waals surface area contributed by atoms with Gasteiger partial charge in [0.05, 0.1) is 6.33 Å². The van der Waals surface area contributed by atoms with Gasteiger partial charge < -0.3 is 20.3 Å². The summed E-state index contributed by atoms with van der Waals surface area (Å²) in [7, 11) is 1.54. The van der Waals surface area contributed by atoms with Crippen molar-refractivity contribution in [2.75, 3.05) is 12.8 Å². The SMILES string of the molecule is CO[C@@]12C[C@H](n3cnc4c(=O)[nH]c(N)nc43)O[C@@H]1C2O. The monoisotopic (exact) mass is 279 g/mol. The van der Waals surface area contributed by atoms with Crippen molar-refractivity contribution in [3.8, 4) is 0 Å². The Labute approximate surface area is 112 Å². The van der Waals surface area contributed by atoms with E-state index in [1.807, 2.05) is 0 Å². The minimum atomic E-state index is -0.659. The Morgan fingerprint density at radius 3 is 3.20 bits per heavy atom. The van der Waals surface area contributed by atoms with Gasteiger partial charge in [-0.2, -0.15) is 4.98 Å². The lowest BCUT2D eigenvalue weighted by Crippen LogP contribution is -2.21. The number of hydrogen-bond acceptors (Lipinski definition) is 7. The zero-order chi connectivity index (χ0) is 14.1. The Balaban J connectivity index is 1.76. The standard InChI is InChI=1S/C11H13N5O4/c1-19-11-2-4(20-7(11)6(11)17)16-3-13-5-8(16)14-10(12)15-9(5)18/h3-4,6-7,17H,2H2,1H3,(H3,12,14,15,18)/t4-,6?,7-,11-/m1/s1. The number of fused-ring (bicyclic) bond motifs is 2. The van der Waals surface area contributed by atoms with E-state index in [-0.39, 0.29) is 23.8 Å². The molecule has 4 rings (SSSR count). The first-order valence-corrected chi connectivity index (χ1v) is 6.18. The van der Waals surface area contributed by atoms with Gasteiger partial charge in [0, 0.05) is 13.5 Å². The Kier molecular flexibility index (Phi) is 2.11. The minimum absolute atomic E-state index is 0.0221. The van der Waals surface area contributed by atoms with Gasteiger partial charge in [0.1, 0.15) is 24.0 Å². The van der Waals surface area contributed by atoms with Crippen LogP contribution in [0.15, 0.2) is 11.1 Å². The number of hydrogen-bond donors (Lipinski definition) is 3. The molecule has 0 amide bonds. The highest BCUT2D eigenvalue weighted by Crippen LogP contribution is 2.55. The van der Waals surface area contributed by atoms with E-state index < -0.39 is 17.3 Å². The van der Waals surface area contributed by atoms with Gasteiger partial charge in [0.25, 0.3) is 5.56 Å². The third kappa shape index (κ3) is 1.29. The predicted octanol–water partition coefficient (Wildman–Crippen LogP) is -1.25. The van der Waals surface area contributed by atoms with Crippen LogP contribution in [0.3, 0.4) is 0 Å². The maximum Gasteiger partial charge on any atom is 0.280 e. The maximum absolute atomic E-state index is 11.7. The molecule has 1 aliphatic heterocycles. The largest absolute Gasteiger partial charge is 0.387 e. The number of aliphatic hydroxyl groups is 1. The van der Waals surface area contributed by atoms with E-state index in [0.717, 1.165) is 0 Å². The van der Waals surface area contributed by atoms with Crippen LogP contribution in [0.5, 0.6) is 0 Å². The molecule has 1 saturated carbocycles. The molecular formula is C11H13N5O4. The van der Waals surface area contributed by atoms with Crippen LogP contribution in [0, 0.1) is 0 Å². The van der Waals surface area contributed by atoms with Crippen LogP contribution in [0.2, 0.25) is 0 Å². The Morgan fingerprint density at radius 1 is 1.70 bits per heavy atom. The van der Waals surface area contributed by atoms with Crippen molar-refractivity contribution < 1.29 is 14.6 Å². The molecule has 2 fully saturated rings. The van der Waals surface area contributed by atoms with Crippen molar-refractivity contribution in [2.24, 2.45) is 0 Å². The molecule has 1 saturated heterocycles. The fraction of sp³-hybridized carbons (Fsp3) is 0.545. The van der Waals surface area contributed by atoms with Gasteiger partial charge in [-0.15, -0.1) is 0 Å². The van der Waals surface area contributed by atoms with Crippen LogP contribution in [0.4, 0.5) is 5.95 Å². The van der Waals surface area contributed by atoms with Crippen molar-refractivity contribution >= 4 is 17.1 Å². The zero-order valence-corrected chi connectivity index (χ0v) is 10.6. The van der Waals surface area contributed by atoms with Crippen LogP contribution in [-0.4, -0.2) is 49.5 Å². The number of aromatic nitrogens is 4. The summed E-state index contributed by atoms with van der Waals surface area (Å²) >= 11 is 0. The molecule has 0 radical (unpaired) electrons. The Morgan fingerprint density at radius 2 is 2.50 bits per heavy atom. The number of rotatable bonds is 2. The normalized spacial score (nSPS) is 35.4. The van der Waals surface area contributed by atoms with E-state index in [9.17, 15) is 9.90 Å². The molecule has 9 nitrogen and oxygen atoms in total. The average Bonchev–Trinajstić information content (AvgIpc) is 2.81. The Hall–Kier alpha value is -1.97. The molecular weight excluding hydrogens is 266 g/mol. The van der Waals surface area contributed by atoms with Crippen LogP contribution < -0.4 is 11.3 Å².